The van der Waals surface area contributed by atoms with Crippen molar-refractivity contribution >= 4 is 23.8 Å². The molecule has 1 aliphatic rings. The van der Waals surface area contributed by atoms with Gasteiger partial charge in [0.1, 0.15) is 12.1 Å². The quantitative estimate of drug-likeness (QED) is 0.687. The highest BCUT2D eigenvalue weighted by Gasteiger charge is 2.36. The third kappa shape index (κ3) is 3.50. The number of carbonyl (C=O) groups excluding carboxylic acids is 2. The van der Waals surface area contributed by atoms with E-state index in [2.05, 4.69) is 10.3 Å². The number of carboxylic acid groups (broad SMARTS) is 2. The fourth-order valence-electron chi connectivity index (χ4n) is 2.63. The van der Waals surface area contributed by atoms with Gasteiger partial charge in [-0.25, -0.2) is 14.6 Å². The van der Waals surface area contributed by atoms with E-state index in [0.717, 1.165) is 0 Å². The molecule has 0 aliphatic carbocycles. The molecule has 1 aromatic rings. The number of aromatic nitrogens is 1. The SMILES string of the molecule is C[C@H](NC(=O)c1cccnc1C(=O)O)C(=O)N1CCC[C@H]1C(=O)O. The van der Waals surface area contributed by atoms with E-state index in [4.69, 9.17) is 10.2 Å². The predicted molar refractivity (Wildman–Crippen MR) is 80.5 cm³/mol. The Morgan fingerprint density at radius 1 is 1.33 bits per heavy atom. The van der Waals surface area contributed by atoms with Gasteiger partial charge in [0.15, 0.2) is 5.69 Å². The Bertz CT molecular complexity index is 690. The van der Waals surface area contributed by atoms with Crippen LogP contribution >= 0.6 is 0 Å². The van der Waals surface area contributed by atoms with Gasteiger partial charge in [-0.3, -0.25) is 9.59 Å². The number of rotatable bonds is 5. The van der Waals surface area contributed by atoms with Crippen molar-refractivity contribution in [2.75, 3.05) is 6.54 Å². The van der Waals surface area contributed by atoms with Crippen LogP contribution in [0.4, 0.5) is 0 Å². The topological polar surface area (TPSA) is 137 Å². The first kappa shape index (κ1) is 17.4. The van der Waals surface area contributed by atoms with Crippen molar-refractivity contribution in [3.8, 4) is 0 Å². The Labute approximate surface area is 137 Å². The molecule has 128 valence electrons. The summed E-state index contributed by atoms with van der Waals surface area (Å²) in [6, 6.07) is 0.817. The molecule has 1 fully saturated rings. The number of carbonyl (C=O) groups is 4. The maximum Gasteiger partial charge on any atom is 0.355 e. The fraction of sp³-hybridized carbons (Fsp3) is 0.400. The number of nitrogens with one attached hydrogen (secondary N) is 1. The number of hydrogen-bond acceptors (Lipinski definition) is 5. The lowest BCUT2D eigenvalue weighted by Crippen LogP contribution is -2.50. The van der Waals surface area contributed by atoms with E-state index in [1.165, 1.54) is 30.2 Å². The normalized spacial score (nSPS) is 18.0. The molecule has 24 heavy (non-hydrogen) atoms. The number of pyridine rings is 1. The largest absolute Gasteiger partial charge is 0.480 e. The summed E-state index contributed by atoms with van der Waals surface area (Å²) in [6.07, 6.45) is 2.19. The van der Waals surface area contributed by atoms with E-state index in [0.29, 0.717) is 19.4 Å². The highest BCUT2D eigenvalue weighted by atomic mass is 16.4. The van der Waals surface area contributed by atoms with E-state index in [1.807, 2.05) is 0 Å². The second-order valence-corrected chi connectivity index (χ2v) is 5.43. The lowest BCUT2D eigenvalue weighted by Gasteiger charge is -2.25. The van der Waals surface area contributed by atoms with Gasteiger partial charge >= 0.3 is 11.9 Å². The summed E-state index contributed by atoms with van der Waals surface area (Å²) in [6.45, 7) is 1.73. The summed E-state index contributed by atoms with van der Waals surface area (Å²) >= 11 is 0. The molecule has 1 aromatic heterocycles. The molecule has 1 saturated heterocycles. The summed E-state index contributed by atoms with van der Waals surface area (Å²) in [4.78, 5) is 51.7. The van der Waals surface area contributed by atoms with Crippen LogP contribution in [0, 0.1) is 0 Å². The first-order chi connectivity index (χ1) is 11.3. The molecule has 0 spiro atoms. The van der Waals surface area contributed by atoms with E-state index in [9.17, 15) is 19.2 Å². The van der Waals surface area contributed by atoms with Crippen LogP contribution in [0.3, 0.4) is 0 Å². The predicted octanol–water partition coefficient (Wildman–Crippen LogP) is -0.0263. The van der Waals surface area contributed by atoms with E-state index >= 15 is 0 Å². The molecule has 0 saturated carbocycles. The summed E-state index contributed by atoms with van der Waals surface area (Å²) in [5.74, 6) is -3.72. The van der Waals surface area contributed by atoms with E-state index < -0.39 is 41.5 Å². The van der Waals surface area contributed by atoms with Crippen LogP contribution in [0.25, 0.3) is 0 Å². The zero-order valence-corrected chi connectivity index (χ0v) is 12.9. The van der Waals surface area contributed by atoms with E-state index in [-0.39, 0.29) is 5.56 Å². The number of amides is 2. The van der Waals surface area contributed by atoms with Gasteiger partial charge in [0.25, 0.3) is 5.91 Å². The van der Waals surface area contributed by atoms with Crippen LogP contribution in [0.2, 0.25) is 0 Å². The smallest absolute Gasteiger partial charge is 0.355 e. The first-order valence-electron chi connectivity index (χ1n) is 7.35. The molecule has 2 heterocycles. The van der Waals surface area contributed by atoms with Crippen LogP contribution in [0.15, 0.2) is 18.3 Å². The molecule has 1 aliphatic heterocycles. The van der Waals surface area contributed by atoms with Gasteiger partial charge in [0.2, 0.25) is 5.91 Å². The third-order valence-electron chi connectivity index (χ3n) is 3.79. The molecule has 0 bridgehead atoms. The number of likely N-dealkylation sites (tertiary alicyclic amines) is 1. The van der Waals surface area contributed by atoms with Gasteiger partial charge in [-0.2, -0.15) is 0 Å². The van der Waals surface area contributed by atoms with Gasteiger partial charge < -0.3 is 20.4 Å². The molecule has 2 amide bonds. The Morgan fingerprint density at radius 2 is 2.04 bits per heavy atom. The minimum atomic E-state index is -1.36. The Hall–Kier alpha value is -2.97. The average Bonchev–Trinajstić information content (AvgIpc) is 3.03. The molecule has 0 aromatic carbocycles. The number of aliphatic carboxylic acids is 1. The zero-order chi connectivity index (χ0) is 17.9. The molecule has 9 nitrogen and oxygen atoms in total. The highest BCUT2D eigenvalue weighted by molar-refractivity contribution is 6.05. The molecular formula is C15H17N3O6. The molecular weight excluding hydrogens is 318 g/mol. The van der Waals surface area contributed by atoms with Crippen LogP contribution < -0.4 is 5.32 Å². The average molecular weight is 335 g/mol. The van der Waals surface area contributed by atoms with Crippen molar-refractivity contribution in [1.29, 1.82) is 0 Å². The highest BCUT2D eigenvalue weighted by Crippen LogP contribution is 2.18. The van der Waals surface area contributed by atoms with Gasteiger partial charge in [0, 0.05) is 12.7 Å². The van der Waals surface area contributed by atoms with Crippen molar-refractivity contribution in [3.05, 3.63) is 29.6 Å². The second kappa shape index (κ2) is 7.07. The second-order valence-electron chi connectivity index (χ2n) is 5.43. The van der Waals surface area contributed by atoms with E-state index in [1.54, 1.807) is 0 Å². The maximum absolute atomic E-state index is 12.4. The number of aromatic carboxylic acids is 1. The molecule has 0 radical (unpaired) electrons. The lowest BCUT2D eigenvalue weighted by atomic mass is 10.1. The van der Waals surface area contributed by atoms with Crippen LogP contribution in [0.1, 0.15) is 40.6 Å². The Morgan fingerprint density at radius 3 is 2.67 bits per heavy atom. The standard InChI is InChI=1S/C15H17N3O6/c1-8(13(20)18-7-3-5-10(18)14(21)22)17-12(19)9-4-2-6-16-11(9)15(23)24/h2,4,6,8,10H,3,5,7H2,1H3,(H,17,19)(H,21,22)(H,23,24)/t8-,10-/m0/s1. The molecule has 3 N–H and O–H groups in total. The van der Waals surface area contributed by atoms with Crippen LogP contribution in [-0.4, -0.2) is 62.5 Å². The Balaban J connectivity index is 2.10. The molecule has 2 atom stereocenters. The zero-order valence-electron chi connectivity index (χ0n) is 12.9. The van der Waals surface area contributed by atoms with Crippen molar-refractivity contribution in [2.45, 2.75) is 31.8 Å². The van der Waals surface area contributed by atoms with Crippen LogP contribution in [0.5, 0.6) is 0 Å². The summed E-state index contributed by atoms with van der Waals surface area (Å²) in [7, 11) is 0. The number of carboxylic acids is 2. The van der Waals surface area contributed by atoms with Crippen LogP contribution in [-0.2, 0) is 9.59 Å². The molecule has 2 rings (SSSR count). The van der Waals surface area contributed by atoms with Gasteiger partial charge in [-0.05, 0) is 31.9 Å². The minimum absolute atomic E-state index is 0.166. The molecule has 9 heteroatoms. The third-order valence-corrected chi connectivity index (χ3v) is 3.79. The number of nitrogens with zero attached hydrogens (tertiary/aromatic N) is 2. The van der Waals surface area contributed by atoms with Crippen molar-refractivity contribution in [3.63, 3.8) is 0 Å². The summed E-state index contributed by atoms with van der Waals surface area (Å²) in [5, 5.41) is 20.6. The van der Waals surface area contributed by atoms with Crippen molar-refractivity contribution in [1.82, 2.24) is 15.2 Å². The fourth-order valence-corrected chi connectivity index (χ4v) is 2.63. The summed E-state index contributed by atoms with van der Waals surface area (Å²) < 4.78 is 0. The van der Waals surface area contributed by atoms with Gasteiger partial charge in [0.05, 0.1) is 5.56 Å². The number of hydrogen-bond donors (Lipinski definition) is 3. The monoisotopic (exact) mass is 335 g/mol. The summed E-state index contributed by atoms with van der Waals surface area (Å²) in [5.41, 5.74) is -0.583. The van der Waals surface area contributed by atoms with Crippen molar-refractivity contribution in [2.24, 2.45) is 0 Å². The maximum atomic E-state index is 12.4. The van der Waals surface area contributed by atoms with Gasteiger partial charge in [-0.15, -0.1) is 0 Å². The first-order valence-corrected chi connectivity index (χ1v) is 7.35. The van der Waals surface area contributed by atoms with Crippen molar-refractivity contribution < 1.29 is 29.4 Å². The Kier molecular flexibility index (Phi) is 5.12. The minimum Gasteiger partial charge on any atom is -0.480 e. The van der Waals surface area contributed by atoms with Gasteiger partial charge in [-0.1, -0.05) is 0 Å². The lowest BCUT2D eigenvalue weighted by molar-refractivity contribution is -0.148. The molecule has 0 unspecified atom stereocenters.